The zero-order chi connectivity index (χ0) is 36.7. The predicted octanol–water partition coefficient (Wildman–Crippen LogP) is 7.45. The molecule has 0 saturated carbocycles. The van der Waals surface area contributed by atoms with E-state index in [0.29, 0.717) is 24.5 Å². The SMILES string of the molecule is CN(C)CCOc1cccc(-n2nc(C(C)(C)C)cc2NC(=O)N[C@H]2CC[C@@H](Oc3ccc4nnc(N5C6CCCC5CC6)n4c3)c3ccccc32)c1. The first-order valence-electron chi connectivity index (χ1n) is 19.1. The number of rotatable bonds is 10. The van der Waals surface area contributed by atoms with Crippen LogP contribution in [0.15, 0.2) is 72.9 Å². The lowest BCUT2D eigenvalue weighted by Crippen LogP contribution is -2.40. The summed E-state index contributed by atoms with van der Waals surface area (Å²) in [7, 11) is 4.04. The second kappa shape index (κ2) is 14.4. The number of hydrogen-bond donors (Lipinski definition) is 2. The predicted molar refractivity (Wildman–Crippen MR) is 206 cm³/mol. The highest BCUT2D eigenvalue weighted by atomic mass is 16.5. The Morgan fingerprint density at radius 2 is 1.68 bits per heavy atom. The first-order valence-corrected chi connectivity index (χ1v) is 19.1. The minimum Gasteiger partial charge on any atom is -0.492 e. The van der Waals surface area contributed by atoms with Crippen molar-refractivity contribution in [3.8, 4) is 17.2 Å². The van der Waals surface area contributed by atoms with Gasteiger partial charge in [-0.05, 0) is 94.4 Å². The summed E-state index contributed by atoms with van der Waals surface area (Å²) in [6, 6.07) is 22.6. The van der Waals surface area contributed by atoms with Crippen LogP contribution in [-0.2, 0) is 5.41 Å². The van der Waals surface area contributed by atoms with Crippen LogP contribution < -0.4 is 25.0 Å². The van der Waals surface area contributed by atoms with E-state index >= 15 is 0 Å². The number of piperidine rings is 1. The van der Waals surface area contributed by atoms with Crippen molar-refractivity contribution in [3.05, 3.63) is 89.7 Å². The molecule has 1 aliphatic carbocycles. The third kappa shape index (κ3) is 7.29. The lowest BCUT2D eigenvalue weighted by atomic mass is 9.85. The van der Waals surface area contributed by atoms with Crippen molar-refractivity contribution in [2.75, 3.05) is 37.5 Å². The van der Waals surface area contributed by atoms with Gasteiger partial charge in [-0.1, -0.05) is 51.1 Å². The molecular formula is C41H51N9O3. The molecule has 8 rings (SSSR count). The molecule has 53 heavy (non-hydrogen) atoms. The highest BCUT2D eigenvalue weighted by Gasteiger charge is 2.39. The lowest BCUT2D eigenvalue weighted by Gasteiger charge is -2.34. The van der Waals surface area contributed by atoms with E-state index in [1.54, 1.807) is 4.68 Å². The topological polar surface area (TPSA) is 114 Å². The van der Waals surface area contributed by atoms with Crippen LogP contribution in [-0.4, -0.2) is 74.6 Å². The van der Waals surface area contributed by atoms with E-state index in [2.05, 4.69) is 67.9 Å². The summed E-state index contributed by atoms with van der Waals surface area (Å²) < 4.78 is 16.6. The number of nitrogens with zero attached hydrogens (tertiary/aromatic N) is 7. The van der Waals surface area contributed by atoms with E-state index in [0.717, 1.165) is 65.0 Å². The van der Waals surface area contributed by atoms with Crippen molar-refractivity contribution in [1.29, 1.82) is 0 Å². The number of pyridine rings is 1. The van der Waals surface area contributed by atoms with Gasteiger partial charge in [-0.3, -0.25) is 9.72 Å². The van der Waals surface area contributed by atoms with Gasteiger partial charge in [0.2, 0.25) is 5.95 Å². The lowest BCUT2D eigenvalue weighted by molar-refractivity contribution is 0.171. The van der Waals surface area contributed by atoms with E-state index in [9.17, 15) is 4.79 Å². The first kappa shape index (κ1) is 35.0. The molecule has 2 aromatic carbocycles. The van der Waals surface area contributed by atoms with Crippen LogP contribution in [0, 0.1) is 0 Å². The minimum atomic E-state index is -0.290. The van der Waals surface area contributed by atoms with Crippen LogP contribution >= 0.6 is 0 Å². The number of nitrogens with one attached hydrogen (secondary N) is 2. The van der Waals surface area contributed by atoms with Crippen LogP contribution in [0.4, 0.5) is 16.6 Å². The van der Waals surface area contributed by atoms with Crippen molar-refractivity contribution >= 4 is 23.4 Å². The summed E-state index contributed by atoms with van der Waals surface area (Å²) in [5.74, 6) is 3.04. The van der Waals surface area contributed by atoms with E-state index in [-0.39, 0.29) is 23.6 Å². The zero-order valence-electron chi connectivity index (χ0n) is 31.5. The number of aromatic nitrogens is 5. The van der Waals surface area contributed by atoms with Gasteiger partial charge in [-0.25, -0.2) is 9.48 Å². The van der Waals surface area contributed by atoms with E-state index < -0.39 is 0 Å². The maximum Gasteiger partial charge on any atom is 0.320 e. The summed E-state index contributed by atoms with van der Waals surface area (Å²) in [5.41, 5.74) is 4.42. The average molecular weight is 718 g/mol. The molecule has 2 N–H and O–H groups in total. The fourth-order valence-electron chi connectivity index (χ4n) is 8.13. The number of carbonyl (C=O) groups excluding carboxylic acids is 1. The summed E-state index contributed by atoms with van der Waals surface area (Å²) in [5, 5.41) is 20.4. The van der Waals surface area contributed by atoms with Crippen LogP contribution in [0.25, 0.3) is 11.3 Å². The Hall–Kier alpha value is -5.10. The normalized spacial score (nSPS) is 21.1. The number of anilines is 2. The number of fused-ring (bicyclic) bond motifs is 4. The van der Waals surface area contributed by atoms with Crippen LogP contribution in [0.3, 0.4) is 0 Å². The Bertz CT molecular complexity index is 2070. The molecular weight excluding hydrogens is 667 g/mol. The molecule has 12 nitrogen and oxygen atoms in total. The number of ether oxygens (including phenoxy) is 2. The third-order valence-corrected chi connectivity index (χ3v) is 10.9. The van der Waals surface area contributed by atoms with Gasteiger partial charge in [-0.15, -0.1) is 10.2 Å². The number of amides is 2. The van der Waals surface area contributed by atoms with E-state index in [4.69, 9.17) is 14.6 Å². The molecule has 2 aliphatic heterocycles. The van der Waals surface area contributed by atoms with Gasteiger partial charge in [0.25, 0.3) is 0 Å². The number of urea groups is 1. The van der Waals surface area contributed by atoms with Crippen LogP contribution in [0.5, 0.6) is 11.5 Å². The Morgan fingerprint density at radius 1 is 0.887 bits per heavy atom. The molecule has 5 heterocycles. The van der Waals surface area contributed by atoms with E-state index in [1.807, 2.05) is 74.9 Å². The van der Waals surface area contributed by atoms with Gasteiger partial charge >= 0.3 is 6.03 Å². The van der Waals surface area contributed by atoms with Crippen LogP contribution in [0.1, 0.15) is 94.7 Å². The van der Waals surface area contributed by atoms with Gasteiger partial charge in [0, 0.05) is 36.2 Å². The van der Waals surface area contributed by atoms with Gasteiger partial charge < -0.3 is 24.6 Å². The molecule has 4 atom stereocenters. The molecule has 2 bridgehead atoms. The Balaban J connectivity index is 0.984. The van der Waals surface area contributed by atoms with Crippen LogP contribution in [0.2, 0.25) is 0 Å². The molecule has 3 aliphatic rings. The van der Waals surface area contributed by atoms with Crippen molar-refractivity contribution in [2.24, 2.45) is 0 Å². The molecule has 0 spiro atoms. The average Bonchev–Trinajstić information content (AvgIpc) is 3.82. The number of likely N-dealkylation sites (N-methyl/N-ethyl adjacent to an activating group) is 1. The van der Waals surface area contributed by atoms with Gasteiger partial charge in [0.1, 0.15) is 30.0 Å². The first-order chi connectivity index (χ1) is 25.6. The maximum atomic E-state index is 13.7. The molecule has 278 valence electrons. The fraction of sp³-hybridized carbons (Fsp3) is 0.463. The fourth-order valence-corrected chi connectivity index (χ4v) is 8.13. The monoisotopic (exact) mass is 717 g/mol. The Kier molecular flexibility index (Phi) is 9.48. The molecule has 2 saturated heterocycles. The molecule has 12 heteroatoms. The van der Waals surface area contributed by atoms with Crippen molar-refractivity contribution in [3.63, 3.8) is 0 Å². The van der Waals surface area contributed by atoms with Gasteiger partial charge in [-0.2, -0.15) is 5.10 Å². The minimum absolute atomic E-state index is 0.154. The molecule has 2 amide bonds. The summed E-state index contributed by atoms with van der Waals surface area (Å²) in [6.07, 6.45) is 9.54. The second-order valence-electron chi connectivity index (χ2n) is 16.0. The number of hydrogen-bond acceptors (Lipinski definition) is 8. The molecule has 2 fully saturated rings. The standard InChI is InChI=1S/C41H51N9O3/c1-41(2,3)36-25-38(50(46-36)29-12-9-13-30(24-29)52-23-22-47(4)5)43-39(51)42-34-19-20-35(33-15-7-6-14-32(33)34)53-31-18-21-37-44-45-40(48(37)26-31)49-27-10-8-11-28(49)17-16-27/h6-7,9,12-15,18,21,24-28,34-35H,8,10-11,16-17,19-20,22-23H2,1-5H3,(H2,42,43,51)/t27?,28?,34-,35+/m0/s1. The van der Waals surface area contributed by atoms with Crippen molar-refractivity contribution in [2.45, 2.75) is 95.4 Å². The van der Waals surface area contributed by atoms with E-state index in [1.165, 1.54) is 32.1 Å². The molecule has 0 radical (unpaired) electrons. The molecule has 3 aromatic heterocycles. The smallest absolute Gasteiger partial charge is 0.320 e. The highest BCUT2D eigenvalue weighted by Crippen LogP contribution is 2.41. The number of carbonyl (C=O) groups is 1. The highest BCUT2D eigenvalue weighted by molar-refractivity contribution is 5.89. The summed E-state index contributed by atoms with van der Waals surface area (Å²) in [6.45, 7) is 7.72. The molecule has 2 unspecified atom stereocenters. The summed E-state index contributed by atoms with van der Waals surface area (Å²) >= 11 is 0. The Morgan fingerprint density at radius 3 is 2.45 bits per heavy atom. The third-order valence-electron chi connectivity index (χ3n) is 10.9. The Labute approximate surface area is 311 Å². The van der Waals surface area contributed by atoms with Gasteiger partial charge in [0.05, 0.1) is 23.6 Å². The maximum absolute atomic E-state index is 13.7. The zero-order valence-corrected chi connectivity index (χ0v) is 31.5. The second-order valence-corrected chi connectivity index (χ2v) is 16.0. The number of benzene rings is 2. The van der Waals surface area contributed by atoms with Crippen molar-refractivity contribution < 1.29 is 14.3 Å². The molecule has 5 aromatic rings. The van der Waals surface area contributed by atoms with Gasteiger partial charge in [0.15, 0.2) is 5.65 Å². The van der Waals surface area contributed by atoms with Crippen molar-refractivity contribution in [1.82, 2.24) is 34.6 Å². The largest absolute Gasteiger partial charge is 0.492 e. The summed E-state index contributed by atoms with van der Waals surface area (Å²) in [4.78, 5) is 18.3. The quantitative estimate of drug-likeness (QED) is 0.153.